The van der Waals surface area contributed by atoms with Crippen molar-refractivity contribution in [2.75, 3.05) is 12.4 Å². The lowest BCUT2D eigenvalue weighted by molar-refractivity contribution is -0.118. The van der Waals surface area contributed by atoms with E-state index in [1.54, 1.807) is 32.2 Å². The molecule has 7 heteroatoms. The van der Waals surface area contributed by atoms with Gasteiger partial charge in [-0.15, -0.1) is 11.3 Å². The molecule has 29 heavy (non-hydrogen) atoms. The lowest BCUT2D eigenvalue weighted by atomic mass is 10.1. The van der Waals surface area contributed by atoms with Gasteiger partial charge in [-0.3, -0.25) is 14.2 Å². The van der Waals surface area contributed by atoms with Gasteiger partial charge in [0.25, 0.3) is 5.56 Å². The summed E-state index contributed by atoms with van der Waals surface area (Å²) in [5.41, 5.74) is 2.09. The molecular weight excluding hydrogens is 386 g/mol. The van der Waals surface area contributed by atoms with E-state index in [4.69, 9.17) is 4.74 Å². The SMILES string of the molecule is COc1ccccc1NC(=O)[C@@H](C)n1cnc2scc(-c3ccccc3)c2c1=O. The molecular formula is C22H19N3O3S. The van der Waals surface area contributed by atoms with Gasteiger partial charge in [-0.2, -0.15) is 0 Å². The molecule has 0 aliphatic carbocycles. The Kier molecular flexibility index (Phi) is 5.14. The van der Waals surface area contributed by atoms with Crippen LogP contribution in [0.25, 0.3) is 21.3 Å². The Morgan fingerprint density at radius 3 is 2.62 bits per heavy atom. The molecule has 0 bridgehead atoms. The van der Waals surface area contributed by atoms with Crippen LogP contribution in [0.3, 0.4) is 0 Å². The van der Waals surface area contributed by atoms with Crippen LogP contribution in [-0.4, -0.2) is 22.6 Å². The van der Waals surface area contributed by atoms with Crippen LogP contribution in [-0.2, 0) is 4.79 Å². The molecule has 0 fully saturated rings. The average molecular weight is 405 g/mol. The Morgan fingerprint density at radius 2 is 1.86 bits per heavy atom. The largest absolute Gasteiger partial charge is 0.495 e. The molecule has 1 atom stereocenters. The van der Waals surface area contributed by atoms with Crippen molar-refractivity contribution in [3.8, 4) is 16.9 Å². The van der Waals surface area contributed by atoms with E-state index >= 15 is 0 Å². The number of thiophene rings is 1. The number of carbonyl (C=O) groups is 1. The first-order valence-electron chi connectivity index (χ1n) is 9.07. The first kappa shape index (κ1) is 18.9. The Hall–Kier alpha value is -3.45. The predicted octanol–water partition coefficient (Wildman–Crippen LogP) is 4.33. The van der Waals surface area contributed by atoms with Gasteiger partial charge in [-0.1, -0.05) is 42.5 Å². The second-order valence-corrected chi connectivity index (χ2v) is 7.38. The number of para-hydroxylation sites is 2. The smallest absolute Gasteiger partial charge is 0.263 e. The van der Waals surface area contributed by atoms with Crippen LogP contribution in [0.15, 0.2) is 71.1 Å². The Bertz CT molecular complexity index is 1230. The molecule has 0 aliphatic heterocycles. The van der Waals surface area contributed by atoms with Crippen LogP contribution in [0, 0.1) is 0 Å². The molecule has 0 unspecified atom stereocenters. The normalized spacial score (nSPS) is 11.9. The number of amides is 1. The fraction of sp³-hybridized carbons (Fsp3) is 0.136. The molecule has 6 nitrogen and oxygen atoms in total. The highest BCUT2D eigenvalue weighted by molar-refractivity contribution is 7.17. The van der Waals surface area contributed by atoms with Crippen molar-refractivity contribution < 1.29 is 9.53 Å². The highest BCUT2D eigenvalue weighted by atomic mass is 32.1. The van der Waals surface area contributed by atoms with Gasteiger partial charge in [0.1, 0.15) is 16.6 Å². The first-order chi connectivity index (χ1) is 14.1. The number of benzene rings is 2. The Morgan fingerprint density at radius 1 is 1.14 bits per heavy atom. The zero-order valence-corrected chi connectivity index (χ0v) is 16.8. The van der Waals surface area contributed by atoms with Crippen molar-refractivity contribution in [1.82, 2.24) is 9.55 Å². The third-order valence-corrected chi connectivity index (χ3v) is 5.65. The Labute approximate surface area is 171 Å². The topological polar surface area (TPSA) is 73.2 Å². The minimum Gasteiger partial charge on any atom is -0.495 e. The monoisotopic (exact) mass is 405 g/mol. The molecule has 0 saturated carbocycles. The first-order valence-corrected chi connectivity index (χ1v) is 9.95. The molecule has 0 radical (unpaired) electrons. The van der Waals surface area contributed by atoms with Crippen molar-refractivity contribution in [2.45, 2.75) is 13.0 Å². The number of hydrogen-bond donors (Lipinski definition) is 1. The maximum atomic E-state index is 13.2. The minimum absolute atomic E-state index is 0.238. The molecule has 2 heterocycles. The lowest BCUT2D eigenvalue weighted by Crippen LogP contribution is -2.31. The molecule has 4 aromatic rings. The molecule has 0 spiro atoms. The molecule has 4 rings (SSSR count). The fourth-order valence-electron chi connectivity index (χ4n) is 3.16. The lowest BCUT2D eigenvalue weighted by Gasteiger charge is -2.16. The Balaban J connectivity index is 1.71. The summed E-state index contributed by atoms with van der Waals surface area (Å²) in [4.78, 5) is 31.1. The van der Waals surface area contributed by atoms with Crippen molar-refractivity contribution in [2.24, 2.45) is 0 Å². The summed E-state index contributed by atoms with van der Waals surface area (Å²) < 4.78 is 6.64. The molecule has 0 saturated heterocycles. The number of aromatic nitrogens is 2. The highest BCUT2D eigenvalue weighted by Gasteiger charge is 2.21. The van der Waals surface area contributed by atoms with E-state index in [9.17, 15) is 9.59 Å². The second-order valence-electron chi connectivity index (χ2n) is 6.52. The fourth-order valence-corrected chi connectivity index (χ4v) is 4.07. The van der Waals surface area contributed by atoms with Gasteiger partial charge in [0.15, 0.2) is 0 Å². The number of nitrogens with zero attached hydrogens (tertiary/aromatic N) is 2. The van der Waals surface area contributed by atoms with E-state index in [2.05, 4.69) is 10.3 Å². The number of hydrogen-bond acceptors (Lipinski definition) is 5. The zero-order valence-electron chi connectivity index (χ0n) is 16.0. The van der Waals surface area contributed by atoms with Gasteiger partial charge in [-0.25, -0.2) is 4.98 Å². The molecule has 2 aromatic heterocycles. The molecule has 1 amide bonds. The number of ether oxygens (including phenoxy) is 1. The number of fused-ring (bicyclic) bond motifs is 1. The van der Waals surface area contributed by atoms with Crippen molar-refractivity contribution in [1.29, 1.82) is 0 Å². The van der Waals surface area contributed by atoms with Crippen LogP contribution in [0.4, 0.5) is 5.69 Å². The summed E-state index contributed by atoms with van der Waals surface area (Å²) in [5.74, 6) is 0.229. The van der Waals surface area contributed by atoms with Gasteiger partial charge < -0.3 is 10.1 Å². The average Bonchev–Trinajstić information content (AvgIpc) is 3.19. The van der Waals surface area contributed by atoms with Crippen molar-refractivity contribution in [3.05, 3.63) is 76.7 Å². The molecule has 1 N–H and O–H groups in total. The highest BCUT2D eigenvalue weighted by Crippen LogP contribution is 2.31. The van der Waals surface area contributed by atoms with Gasteiger partial charge in [0.05, 0.1) is 24.5 Å². The van der Waals surface area contributed by atoms with Crippen LogP contribution in [0.1, 0.15) is 13.0 Å². The van der Waals surface area contributed by atoms with E-state index in [1.165, 1.54) is 22.2 Å². The number of rotatable bonds is 5. The number of anilines is 1. The van der Waals surface area contributed by atoms with E-state index in [0.717, 1.165) is 11.1 Å². The van der Waals surface area contributed by atoms with Crippen molar-refractivity contribution in [3.63, 3.8) is 0 Å². The third kappa shape index (κ3) is 3.52. The number of carbonyl (C=O) groups excluding carboxylic acids is 1. The zero-order chi connectivity index (χ0) is 20.4. The van der Waals surface area contributed by atoms with Gasteiger partial charge in [0, 0.05) is 10.9 Å². The minimum atomic E-state index is -0.743. The summed E-state index contributed by atoms with van der Waals surface area (Å²) in [6.45, 7) is 1.67. The van der Waals surface area contributed by atoms with Crippen molar-refractivity contribution >= 4 is 33.1 Å². The van der Waals surface area contributed by atoms with E-state index < -0.39 is 6.04 Å². The van der Waals surface area contributed by atoms with Crippen LogP contribution in [0.2, 0.25) is 0 Å². The molecule has 0 aliphatic rings. The van der Waals surface area contributed by atoms with Gasteiger partial charge in [-0.05, 0) is 24.6 Å². The summed E-state index contributed by atoms with van der Waals surface area (Å²) in [6, 6.07) is 16.1. The third-order valence-electron chi connectivity index (χ3n) is 4.77. The van der Waals surface area contributed by atoms with Crippen LogP contribution >= 0.6 is 11.3 Å². The van der Waals surface area contributed by atoms with E-state index in [0.29, 0.717) is 21.7 Å². The van der Waals surface area contributed by atoms with Gasteiger partial charge in [0.2, 0.25) is 5.91 Å². The standard InChI is InChI=1S/C22H19N3O3S/c1-14(20(26)24-17-10-6-7-11-18(17)28-2)25-13-23-21-19(22(25)27)16(12-29-21)15-8-4-3-5-9-15/h3-14H,1-2H3,(H,24,26)/t14-/m1/s1. The van der Waals surface area contributed by atoms with Crippen LogP contribution < -0.4 is 15.6 Å². The summed E-state index contributed by atoms with van der Waals surface area (Å²) in [6.07, 6.45) is 1.43. The number of nitrogens with one attached hydrogen (secondary N) is 1. The summed E-state index contributed by atoms with van der Waals surface area (Å²) in [7, 11) is 1.54. The van der Waals surface area contributed by atoms with E-state index in [-0.39, 0.29) is 11.5 Å². The van der Waals surface area contributed by atoms with Gasteiger partial charge >= 0.3 is 0 Å². The van der Waals surface area contributed by atoms with Crippen LogP contribution in [0.5, 0.6) is 5.75 Å². The summed E-state index contributed by atoms with van der Waals surface area (Å²) in [5, 5.41) is 5.28. The summed E-state index contributed by atoms with van der Waals surface area (Å²) >= 11 is 1.42. The maximum Gasteiger partial charge on any atom is 0.263 e. The molecule has 2 aromatic carbocycles. The molecule has 146 valence electrons. The maximum absolute atomic E-state index is 13.2. The predicted molar refractivity (Wildman–Crippen MR) is 116 cm³/mol. The second kappa shape index (κ2) is 7.89. The quantitative estimate of drug-likeness (QED) is 0.536. The number of methoxy groups -OCH3 is 1. The van der Waals surface area contributed by atoms with E-state index in [1.807, 2.05) is 41.8 Å².